The lowest BCUT2D eigenvalue weighted by atomic mass is 9.95. The first-order chi connectivity index (χ1) is 9.86. The van der Waals surface area contributed by atoms with Gasteiger partial charge >= 0.3 is 0 Å². The molecule has 1 unspecified atom stereocenters. The van der Waals surface area contributed by atoms with Gasteiger partial charge in [0.1, 0.15) is 5.82 Å². The molecule has 0 aliphatic heterocycles. The van der Waals surface area contributed by atoms with Crippen molar-refractivity contribution in [2.45, 2.75) is 44.7 Å². The SMILES string of the molecule is CCn1ccnc1CC(CNC1CC1)c1ccccc1. The van der Waals surface area contributed by atoms with E-state index in [2.05, 4.69) is 58.3 Å². The molecule has 0 saturated heterocycles. The monoisotopic (exact) mass is 269 g/mol. The highest BCUT2D eigenvalue weighted by Crippen LogP contribution is 2.23. The first-order valence-corrected chi connectivity index (χ1v) is 7.65. The molecule has 0 amide bonds. The Labute approximate surface area is 121 Å². The van der Waals surface area contributed by atoms with Gasteiger partial charge in [0.05, 0.1) is 0 Å². The lowest BCUT2D eigenvalue weighted by Crippen LogP contribution is -2.25. The van der Waals surface area contributed by atoms with E-state index in [1.54, 1.807) is 0 Å². The molecule has 0 bridgehead atoms. The van der Waals surface area contributed by atoms with E-state index in [-0.39, 0.29) is 0 Å². The van der Waals surface area contributed by atoms with Crippen molar-refractivity contribution in [3.63, 3.8) is 0 Å². The average Bonchev–Trinajstić information content (AvgIpc) is 3.22. The van der Waals surface area contributed by atoms with Crippen molar-refractivity contribution < 1.29 is 0 Å². The van der Waals surface area contributed by atoms with Crippen molar-refractivity contribution in [1.29, 1.82) is 0 Å². The number of aromatic nitrogens is 2. The topological polar surface area (TPSA) is 29.9 Å². The van der Waals surface area contributed by atoms with Crippen molar-refractivity contribution in [3.05, 3.63) is 54.1 Å². The van der Waals surface area contributed by atoms with Crippen LogP contribution in [-0.2, 0) is 13.0 Å². The summed E-state index contributed by atoms with van der Waals surface area (Å²) in [7, 11) is 0. The number of nitrogens with one attached hydrogen (secondary N) is 1. The van der Waals surface area contributed by atoms with Gasteiger partial charge in [-0.15, -0.1) is 0 Å². The van der Waals surface area contributed by atoms with E-state index in [4.69, 9.17) is 0 Å². The predicted molar refractivity (Wildman–Crippen MR) is 81.8 cm³/mol. The van der Waals surface area contributed by atoms with E-state index in [1.165, 1.54) is 24.2 Å². The second kappa shape index (κ2) is 6.23. The Hall–Kier alpha value is -1.61. The van der Waals surface area contributed by atoms with Crippen LogP contribution in [0.2, 0.25) is 0 Å². The summed E-state index contributed by atoms with van der Waals surface area (Å²) in [5.41, 5.74) is 1.41. The van der Waals surface area contributed by atoms with Gasteiger partial charge in [-0.25, -0.2) is 4.98 Å². The molecule has 1 aliphatic rings. The van der Waals surface area contributed by atoms with Crippen molar-refractivity contribution in [3.8, 4) is 0 Å². The van der Waals surface area contributed by atoms with E-state index in [0.717, 1.165) is 25.6 Å². The maximum absolute atomic E-state index is 4.53. The number of imidazole rings is 1. The maximum atomic E-state index is 4.53. The number of hydrogen-bond acceptors (Lipinski definition) is 2. The minimum atomic E-state index is 0.504. The second-order valence-corrected chi connectivity index (χ2v) is 5.62. The van der Waals surface area contributed by atoms with Crippen LogP contribution in [0.4, 0.5) is 0 Å². The van der Waals surface area contributed by atoms with Crippen LogP contribution in [0, 0.1) is 0 Å². The van der Waals surface area contributed by atoms with Crippen LogP contribution < -0.4 is 5.32 Å². The van der Waals surface area contributed by atoms with Gasteiger partial charge in [-0.1, -0.05) is 30.3 Å². The van der Waals surface area contributed by atoms with Crippen LogP contribution >= 0.6 is 0 Å². The van der Waals surface area contributed by atoms with Crippen LogP contribution in [-0.4, -0.2) is 22.1 Å². The van der Waals surface area contributed by atoms with Crippen molar-refractivity contribution >= 4 is 0 Å². The molecule has 1 saturated carbocycles. The summed E-state index contributed by atoms with van der Waals surface area (Å²) in [6, 6.07) is 11.6. The fourth-order valence-corrected chi connectivity index (χ4v) is 2.67. The van der Waals surface area contributed by atoms with Crippen LogP contribution in [0.1, 0.15) is 37.1 Å². The Morgan fingerprint density at radius 2 is 2.10 bits per heavy atom. The highest BCUT2D eigenvalue weighted by atomic mass is 15.1. The largest absolute Gasteiger partial charge is 0.335 e. The molecule has 1 atom stereocenters. The lowest BCUT2D eigenvalue weighted by Gasteiger charge is -2.18. The molecule has 0 radical (unpaired) electrons. The minimum Gasteiger partial charge on any atom is -0.335 e. The van der Waals surface area contributed by atoms with Crippen LogP contribution in [0.15, 0.2) is 42.7 Å². The molecular formula is C17H23N3. The Balaban J connectivity index is 1.74. The fourth-order valence-electron chi connectivity index (χ4n) is 2.67. The first-order valence-electron chi connectivity index (χ1n) is 7.65. The molecule has 0 spiro atoms. The molecule has 3 rings (SSSR count). The summed E-state index contributed by atoms with van der Waals surface area (Å²) < 4.78 is 2.24. The van der Waals surface area contributed by atoms with Gasteiger partial charge in [0.25, 0.3) is 0 Å². The van der Waals surface area contributed by atoms with Gasteiger partial charge in [0.2, 0.25) is 0 Å². The number of hydrogen-bond donors (Lipinski definition) is 1. The van der Waals surface area contributed by atoms with E-state index < -0.39 is 0 Å². The summed E-state index contributed by atoms with van der Waals surface area (Å²) in [6.45, 7) is 4.21. The molecule has 1 aromatic carbocycles. The van der Waals surface area contributed by atoms with E-state index in [9.17, 15) is 0 Å². The van der Waals surface area contributed by atoms with Crippen LogP contribution in [0.5, 0.6) is 0 Å². The summed E-state index contributed by atoms with van der Waals surface area (Å²) in [5, 5.41) is 3.67. The Morgan fingerprint density at radius 3 is 2.80 bits per heavy atom. The third-order valence-electron chi connectivity index (χ3n) is 4.07. The third-order valence-corrected chi connectivity index (χ3v) is 4.07. The van der Waals surface area contributed by atoms with E-state index >= 15 is 0 Å². The van der Waals surface area contributed by atoms with Crippen molar-refractivity contribution in [1.82, 2.24) is 14.9 Å². The number of benzene rings is 1. The van der Waals surface area contributed by atoms with Gasteiger partial charge in [0, 0.05) is 43.9 Å². The van der Waals surface area contributed by atoms with Crippen molar-refractivity contribution in [2.75, 3.05) is 6.54 Å². The quantitative estimate of drug-likeness (QED) is 0.837. The number of nitrogens with zero attached hydrogens (tertiary/aromatic N) is 2. The average molecular weight is 269 g/mol. The molecule has 1 aromatic heterocycles. The summed E-state index contributed by atoms with van der Waals surface area (Å²) >= 11 is 0. The fraction of sp³-hybridized carbons (Fsp3) is 0.471. The van der Waals surface area contributed by atoms with Gasteiger partial charge in [0.15, 0.2) is 0 Å². The summed E-state index contributed by atoms with van der Waals surface area (Å²) in [4.78, 5) is 4.53. The van der Waals surface area contributed by atoms with Gasteiger partial charge < -0.3 is 9.88 Å². The molecule has 1 aliphatic carbocycles. The molecular weight excluding hydrogens is 246 g/mol. The zero-order valence-electron chi connectivity index (χ0n) is 12.1. The third kappa shape index (κ3) is 3.28. The summed E-state index contributed by atoms with van der Waals surface area (Å²) in [5.74, 6) is 1.70. The minimum absolute atomic E-state index is 0.504. The van der Waals surface area contributed by atoms with E-state index in [0.29, 0.717) is 5.92 Å². The van der Waals surface area contributed by atoms with Gasteiger partial charge in [-0.05, 0) is 25.3 Å². The highest BCUT2D eigenvalue weighted by Gasteiger charge is 2.23. The zero-order chi connectivity index (χ0) is 13.8. The normalized spacial score (nSPS) is 16.2. The standard InChI is InChI=1S/C17H23N3/c1-2-20-11-10-18-17(20)12-15(13-19-16-8-9-16)14-6-4-3-5-7-14/h3-7,10-11,15-16,19H,2,8-9,12-13H2,1H3. The molecule has 1 fully saturated rings. The van der Waals surface area contributed by atoms with Gasteiger partial charge in [-0.2, -0.15) is 0 Å². The molecule has 3 nitrogen and oxygen atoms in total. The van der Waals surface area contributed by atoms with Crippen molar-refractivity contribution in [2.24, 2.45) is 0 Å². The first kappa shape index (κ1) is 13.4. The highest BCUT2D eigenvalue weighted by molar-refractivity contribution is 5.21. The van der Waals surface area contributed by atoms with Crippen LogP contribution in [0.25, 0.3) is 0 Å². The molecule has 1 N–H and O–H groups in total. The molecule has 2 aromatic rings. The summed E-state index contributed by atoms with van der Waals surface area (Å²) in [6.07, 6.45) is 7.67. The molecule has 1 heterocycles. The number of aryl methyl sites for hydroxylation is 1. The predicted octanol–water partition coefficient (Wildman–Crippen LogP) is 2.98. The maximum Gasteiger partial charge on any atom is 0.109 e. The molecule has 106 valence electrons. The zero-order valence-corrected chi connectivity index (χ0v) is 12.1. The second-order valence-electron chi connectivity index (χ2n) is 5.62. The van der Waals surface area contributed by atoms with E-state index in [1.807, 2.05) is 6.20 Å². The molecule has 20 heavy (non-hydrogen) atoms. The molecule has 3 heteroatoms. The van der Waals surface area contributed by atoms with Crippen LogP contribution in [0.3, 0.4) is 0 Å². The Morgan fingerprint density at radius 1 is 1.30 bits per heavy atom. The van der Waals surface area contributed by atoms with Gasteiger partial charge in [-0.3, -0.25) is 0 Å². The number of rotatable bonds is 7. The smallest absolute Gasteiger partial charge is 0.109 e. The Kier molecular flexibility index (Phi) is 4.16. The Bertz CT molecular complexity index is 528. The lowest BCUT2D eigenvalue weighted by molar-refractivity contribution is 0.551.